The van der Waals surface area contributed by atoms with Gasteiger partial charge < -0.3 is 14.2 Å². The third-order valence-electron chi connectivity index (χ3n) is 4.65. The lowest BCUT2D eigenvalue weighted by atomic mass is 10.1. The minimum absolute atomic E-state index is 0.181. The topological polar surface area (TPSA) is 62.5 Å². The van der Waals surface area contributed by atoms with E-state index in [1.165, 1.54) is 0 Å². The molecule has 1 aliphatic heterocycles. The van der Waals surface area contributed by atoms with Gasteiger partial charge in [0.1, 0.15) is 5.76 Å². The van der Waals surface area contributed by atoms with Crippen LogP contribution in [0.1, 0.15) is 12.2 Å². The second-order valence-electron chi connectivity index (χ2n) is 6.20. The highest BCUT2D eigenvalue weighted by Crippen LogP contribution is 2.24. The molecule has 25 heavy (non-hydrogen) atoms. The van der Waals surface area contributed by atoms with Gasteiger partial charge in [-0.3, -0.25) is 4.79 Å². The molecule has 0 N–H and O–H groups in total. The van der Waals surface area contributed by atoms with Gasteiger partial charge >= 0.3 is 0 Å². The molecular formula is C19H20N4O2. The number of piperazine rings is 1. The SMILES string of the molecule is O=C(CCc1ccco1)N1CCN(c2nncc3ccccc23)CC1. The van der Waals surface area contributed by atoms with E-state index in [0.717, 1.165) is 35.4 Å². The van der Waals surface area contributed by atoms with E-state index < -0.39 is 0 Å². The molecule has 1 amide bonds. The summed E-state index contributed by atoms with van der Waals surface area (Å²) in [5.41, 5.74) is 0. The monoisotopic (exact) mass is 336 g/mol. The van der Waals surface area contributed by atoms with Gasteiger partial charge in [-0.25, -0.2) is 0 Å². The number of fused-ring (bicyclic) bond motifs is 1. The predicted octanol–water partition coefficient (Wildman–Crippen LogP) is 2.50. The van der Waals surface area contributed by atoms with Gasteiger partial charge in [0.25, 0.3) is 0 Å². The number of rotatable bonds is 4. The maximum Gasteiger partial charge on any atom is 0.223 e. The van der Waals surface area contributed by atoms with Gasteiger partial charge in [0.2, 0.25) is 5.91 Å². The fraction of sp³-hybridized carbons (Fsp3) is 0.316. The number of nitrogens with zero attached hydrogens (tertiary/aromatic N) is 4. The summed E-state index contributed by atoms with van der Waals surface area (Å²) in [7, 11) is 0. The Kier molecular flexibility index (Phi) is 4.33. The summed E-state index contributed by atoms with van der Waals surface area (Å²) in [6, 6.07) is 11.9. The number of hydrogen-bond donors (Lipinski definition) is 0. The standard InChI is InChI=1S/C19H20N4O2/c24-18(8-7-16-5-3-13-25-16)22-9-11-23(12-10-22)19-17-6-2-1-4-15(17)14-20-21-19/h1-6,13-14H,7-12H2. The van der Waals surface area contributed by atoms with Gasteiger partial charge in [0.15, 0.2) is 5.82 Å². The quantitative estimate of drug-likeness (QED) is 0.732. The molecule has 1 aliphatic rings. The minimum atomic E-state index is 0.181. The second kappa shape index (κ2) is 6.93. The summed E-state index contributed by atoms with van der Waals surface area (Å²) < 4.78 is 5.29. The Labute approximate surface area is 146 Å². The Morgan fingerprint density at radius 1 is 1.08 bits per heavy atom. The van der Waals surface area contributed by atoms with Crippen molar-refractivity contribution in [2.24, 2.45) is 0 Å². The van der Waals surface area contributed by atoms with E-state index in [1.54, 1.807) is 12.5 Å². The number of amides is 1. The highest BCUT2D eigenvalue weighted by molar-refractivity contribution is 5.91. The van der Waals surface area contributed by atoms with Crippen molar-refractivity contribution in [2.45, 2.75) is 12.8 Å². The van der Waals surface area contributed by atoms with E-state index in [4.69, 9.17) is 4.42 Å². The molecule has 4 rings (SSSR count). The largest absolute Gasteiger partial charge is 0.469 e. The first kappa shape index (κ1) is 15.6. The lowest BCUT2D eigenvalue weighted by Gasteiger charge is -2.35. The van der Waals surface area contributed by atoms with Crippen LogP contribution in [0.3, 0.4) is 0 Å². The van der Waals surface area contributed by atoms with Crippen molar-refractivity contribution in [1.82, 2.24) is 15.1 Å². The van der Waals surface area contributed by atoms with Gasteiger partial charge in [-0.1, -0.05) is 24.3 Å². The molecule has 1 fully saturated rings. The summed E-state index contributed by atoms with van der Waals surface area (Å²) in [5, 5.41) is 10.6. The Bertz CT molecular complexity index is 850. The molecule has 0 unspecified atom stereocenters. The van der Waals surface area contributed by atoms with Crippen LogP contribution in [0.15, 0.2) is 53.3 Å². The van der Waals surface area contributed by atoms with E-state index in [-0.39, 0.29) is 5.91 Å². The third kappa shape index (κ3) is 3.33. The Morgan fingerprint density at radius 2 is 1.92 bits per heavy atom. The molecule has 0 radical (unpaired) electrons. The van der Waals surface area contributed by atoms with Gasteiger partial charge in [0, 0.05) is 49.8 Å². The molecule has 1 saturated heterocycles. The Balaban J connectivity index is 1.38. The summed E-state index contributed by atoms with van der Waals surface area (Å²) >= 11 is 0. The molecule has 6 nitrogen and oxygen atoms in total. The van der Waals surface area contributed by atoms with Crippen molar-refractivity contribution in [3.8, 4) is 0 Å². The first-order valence-corrected chi connectivity index (χ1v) is 8.57. The predicted molar refractivity (Wildman–Crippen MR) is 95.4 cm³/mol. The zero-order valence-electron chi connectivity index (χ0n) is 14.0. The lowest BCUT2D eigenvalue weighted by Crippen LogP contribution is -2.49. The van der Waals surface area contributed by atoms with Gasteiger partial charge in [-0.05, 0) is 12.1 Å². The normalized spacial score (nSPS) is 14.9. The van der Waals surface area contributed by atoms with E-state index in [1.807, 2.05) is 35.2 Å². The van der Waals surface area contributed by atoms with Crippen molar-refractivity contribution < 1.29 is 9.21 Å². The van der Waals surface area contributed by atoms with Crippen LogP contribution in [-0.4, -0.2) is 47.2 Å². The molecule has 0 spiro atoms. The van der Waals surface area contributed by atoms with Crippen LogP contribution in [0, 0.1) is 0 Å². The van der Waals surface area contributed by atoms with E-state index >= 15 is 0 Å². The van der Waals surface area contributed by atoms with Crippen molar-refractivity contribution in [3.63, 3.8) is 0 Å². The summed E-state index contributed by atoms with van der Waals surface area (Å²) in [6.07, 6.45) is 4.57. The van der Waals surface area contributed by atoms with Crippen molar-refractivity contribution >= 4 is 22.5 Å². The Morgan fingerprint density at radius 3 is 2.72 bits per heavy atom. The van der Waals surface area contributed by atoms with Gasteiger partial charge in [-0.15, -0.1) is 5.10 Å². The molecule has 0 aliphatic carbocycles. The minimum Gasteiger partial charge on any atom is -0.469 e. The average Bonchev–Trinajstić information content (AvgIpc) is 3.19. The van der Waals surface area contributed by atoms with Crippen LogP contribution in [0.4, 0.5) is 5.82 Å². The lowest BCUT2D eigenvalue weighted by molar-refractivity contribution is -0.131. The molecular weight excluding hydrogens is 316 g/mol. The number of furan rings is 1. The van der Waals surface area contributed by atoms with E-state index in [2.05, 4.69) is 21.2 Å². The highest BCUT2D eigenvalue weighted by atomic mass is 16.3. The van der Waals surface area contributed by atoms with E-state index in [0.29, 0.717) is 25.9 Å². The molecule has 2 aromatic heterocycles. The molecule has 6 heteroatoms. The number of hydrogen-bond acceptors (Lipinski definition) is 5. The molecule has 128 valence electrons. The average molecular weight is 336 g/mol. The van der Waals surface area contributed by atoms with Gasteiger partial charge in [0.05, 0.1) is 12.5 Å². The fourth-order valence-corrected chi connectivity index (χ4v) is 3.26. The molecule has 0 atom stereocenters. The van der Waals surface area contributed by atoms with Crippen LogP contribution < -0.4 is 4.90 Å². The number of benzene rings is 1. The Hall–Kier alpha value is -2.89. The molecule has 3 heterocycles. The third-order valence-corrected chi connectivity index (χ3v) is 4.65. The van der Waals surface area contributed by atoms with Crippen molar-refractivity contribution in [3.05, 3.63) is 54.6 Å². The van der Waals surface area contributed by atoms with Crippen LogP contribution >= 0.6 is 0 Å². The smallest absolute Gasteiger partial charge is 0.223 e. The molecule has 3 aromatic rings. The molecule has 0 bridgehead atoms. The zero-order chi connectivity index (χ0) is 17.1. The molecule has 0 saturated carbocycles. The number of carbonyl (C=O) groups is 1. The summed E-state index contributed by atoms with van der Waals surface area (Å²) in [6.45, 7) is 2.97. The first-order chi connectivity index (χ1) is 12.3. The number of anilines is 1. The van der Waals surface area contributed by atoms with Crippen molar-refractivity contribution in [1.29, 1.82) is 0 Å². The maximum absolute atomic E-state index is 12.4. The summed E-state index contributed by atoms with van der Waals surface area (Å²) in [4.78, 5) is 16.5. The second-order valence-corrected chi connectivity index (χ2v) is 6.20. The highest BCUT2D eigenvalue weighted by Gasteiger charge is 2.23. The maximum atomic E-state index is 12.4. The number of aromatic nitrogens is 2. The zero-order valence-corrected chi connectivity index (χ0v) is 14.0. The van der Waals surface area contributed by atoms with Crippen LogP contribution in [0.25, 0.3) is 10.8 Å². The van der Waals surface area contributed by atoms with Crippen molar-refractivity contribution in [2.75, 3.05) is 31.1 Å². The van der Waals surface area contributed by atoms with Crippen LogP contribution in [-0.2, 0) is 11.2 Å². The number of carbonyl (C=O) groups excluding carboxylic acids is 1. The first-order valence-electron chi connectivity index (χ1n) is 8.57. The van der Waals surface area contributed by atoms with Crippen LogP contribution in [0.5, 0.6) is 0 Å². The fourth-order valence-electron chi connectivity index (χ4n) is 3.26. The number of aryl methyl sites for hydroxylation is 1. The molecule has 1 aromatic carbocycles. The van der Waals surface area contributed by atoms with Crippen LogP contribution in [0.2, 0.25) is 0 Å². The van der Waals surface area contributed by atoms with Gasteiger partial charge in [-0.2, -0.15) is 5.10 Å². The summed E-state index contributed by atoms with van der Waals surface area (Å²) in [5.74, 6) is 1.94. The van der Waals surface area contributed by atoms with E-state index in [9.17, 15) is 4.79 Å².